The average molecular weight is 383 g/mol. The van der Waals surface area contributed by atoms with Crippen LogP contribution in [0.4, 0.5) is 0 Å². The van der Waals surface area contributed by atoms with Crippen LogP contribution in [-0.2, 0) is 4.79 Å². The maximum Gasteiger partial charge on any atom is 0.223 e. The Morgan fingerprint density at radius 2 is 1.91 bits per heavy atom. The number of carbonyl (C=O) groups excluding carboxylic acids is 1. The number of carbonyl (C=O) groups is 1. The van der Waals surface area contributed by atoms with Crippen LogP contribution < -0.4 is 5.32 Å². The Hall–Kier alpha value is -0.520. The number of amides is 1. The zero-order valence-corrected chi connectivity index (χ0v) is 15.3. The van der Waals surface area contributed by atoms with E-state index in [9.17, 15) is 4.79 Å². The standard InChI is InChI=1S/C17H23BrN2OS/c1-20(15-10-13-4-5-14(11-15)19-13)17(21)8-9-22-16-6-2-12(18)3-7-16/h2-3,6-7,13-15,19H,4-5,8-11H2,1H3. The van der Waals surface area contributed by atoms with Gasteiger partial charge in [-0.3, -0.25) is 4.79 Å². The second-order valence-corrected chi connectivity index (χ2v) is 8.40. The minimum absolute atomic E-state index is 0.288. The van der Waals surface area contributed by atoms with Crippen LogP contribution in [-0.4, -0.2) is 41.7 Å². The molecule has 0 saturated carbocycles. The molecular formula is C17H23BrN2OS. The lowest BCUT2D eigenvalue weighted by molar-refractivity contribution is -0.132. The van der Waals surface area contributed by atoms with Crippen LogP contribution in [0.3, 0.4) is 0 Å². The molecule has 120 valence electrons. The van der Waals surface area contributed by atoms with Gasteiger partial charge in [0.05, 0.1) is 0 Å². The highest BCUT2D eigenvalue weighted by molar-refractivity contribution is 9.10. The van der Waals surface area contributed by atoms with E-state index in [0.29, 0.717) is 24.5 Å². The SMILES string of the molecule is CN(C(=O)CCSc1ccc(Br)cc1)C1CC2CCC(C1)N2. The molecule has 1 aromatic carbocycles. The molecule has 0 aromatic heterocycles. The first kappa shape index (κ1) is 16.3. The van der Waals surface area contributed by atoms with Crippen molar-refractivity contribution in [3.63, 3.8) is 0 Å². The van der Waals surface area contributed by atoms with Gasteiger partial charge in [0, 0.05) is 46.7 Å². The molecule has 0 radical (unpaired) electrons. The Labute approximate surface area is 145 Å². The number of nitrogens with one attached hydrogen (secondary N) is 1. The van der Waals surface area contributed by atoms with Crippen molar-refractivity contribution in [3.8, 4) is 0 Å². The molecule has 1 amide bonds. The predicted molar refractivity (Wildman–Crippen MR) is 95.2 cm³/mol. The summed E-state index contributed by atoms with van der Waals surface area (Å²) in [5.74, 6) is 1.14. The minimum Gasteiger partial charge on any atom is -0.343 e. The predicted octanol–water partition coefficient (Wildman–Crippen LogP) is 3.67. The number of rotatable bonds is 5. The van der Waals surface area contributed by atoms with E-state index in [-0.39, 0.29) is 5.91 Å². The number of fused-ring (bicyclic) bond motifs is 2. The third kappa shape index (κ3) is 4.06. The zero-order chi connectivity index (χ0) is 15.5. The number of piperidine rings is 1. The molecule has 5 heteroatoms. The first-order valence-electron chi connectivity index (χ1n) is 8.02. The quantitative estimate of drug-likeness (QED) is 0.788. The van der Waals surface area contributed by atoms with Crippen molar-refractivity contribution in [1.29, 1.82) is 0 Å². The fraction of sp³-hybridized carbons (Fsp3) is 0.588. The lowest BCUT2D eigenvalue weighted by Crippen LogP contribution is -2.48. The summed E-state index contributed by atoms with van der Waals surface area (Å²) in [5.41, 5.74) is 0. The lowest BCUT2D eigenvalue weighted by Gasteiger charge is -2.35. The van der Waals surface area contributed by atoms with Gasteiger partial charge in [0.25, 0.3) is 0 Å². The smallest absolute Gasteiger partial charge is 0.223 e. The number of hydrogen-bond acceptors (Lipinski definition) is 3. The minimum atomic E-state index is 0.288. The second-order valence-electron chi connectivity index (χ2n) is 6.32. The van der Waals surface area contributed by atoms with Gasteiger partial charge in [-0.15, -0.1) is 11.8 Å². The maximum atomic E-state index is 12.4. The number of nitrogens with zero attached hydrogens (tertiary/aromatic N) is 1. The number of halogens is 1. The van der Waals surface area contributed by atoms with E-state index in [1.54, 1.807) is 11.8 Å². The molecule has 0 spiro atoms. The number of thioether (sulfide) groups is 1. The van der Waals surface area contributed by atoms with Crippen molar-refractivity contribution >= 4 is 33.6 Å². The van der Waals surface area contributed by atoms with E-state index in [2.05, 4.69) is 33.4 Å². The summed E-state index contributed by atoms with van der Waals surface area (Å²) in [6.07, 6.45) is 5.43. The van der Waals surface area contributed by atoms with E-state index in [1.165, 1.54) is 17.7 Å². The molecule has 1 aromatic rings. The van der Waals surface area contributed by atoms with Gasteiger partial charge < -0.3 is 10.2 Å². The van der Waals surface area contributed by atoms with Gasteiger partial charge in [0.2, 0.25) is 5.91 Å². The fourth-order valence-electron chi connectivity index (χ4n) is 3.51. The van der Waals surface area contributed by atoms with Crippen molar-refractivity contribution in [2.24, 2.45) is 0 Å². The van der Waals surface area contributed by atoms with Crippen LogP contribution in [0, 0.1) is 0 Å². The highest BCUT2D eigenvalue weighted by atomic mass is 79.9. The van der Waals surface area contributed by atoms with Crippen LogP contribution in [0.2, 0.25) is 0 Å². The fourth-order valence-corrected chi connectivity index (χ4v) is 4.62. The van der Waals surface area contributed by atoms with Crippen LogP contribution >= 0.6 is 27.7 Å². The molecule has 2 aliphatic heterocycles. The third-order valence-corrected chi connectivity index (χ3v) is 6.33. The van der Waals surface area contributed by atoms with Crippen LogP contribution in [0.25, 0.3) is 0 Å². The van der Waals surface area contributed by atoms with Crippen molar-refractivity contribution in [2.75, 3.05) is 12.8 Å². The van der Waals surface area contributed by atoms with Gasteiger partial charge in [-0.1, -0.05) is 15.9 Å². The normalized spacial score (nSPS) is 26.9. The number of hydrogen-bond donors (Lipinski definition) is 1. The molecule has 2 saturated heterocycles. The molecule has 2 atom stereocenters. The van der Waals surface area contributed by atoms with Gasteiger partial charge >= 0.3 is 0 Å². The molecule has 3 nitrogen and oxygen atoms in total. The first-order valence-corrected chi connectivity index (χ1v) is 9.80. The Morgan fingerprint density at radius 3 is 2.55 bits per heavy atom. The molecule has 2 unspecified atom stereocenters. The highest BCUT2D eigenvalue weighted by Crippen LogP contribution is 2.29. The van der Waals surface area contributed by atoms with Crippen molar-refractivity contribution in [2.45, 2.75) is 55.1 Å². The zero-order valence-electron chi connectivity index (χ0n) is 12.9. The molecule has 2 aliphatic rings. The van der Waals surface area contributed by atoms with E-state index in [0.717, 1.165) is 23.1 Å². The Bertz CT molecular complexity index is 510. The van der Waals surface area contributed by atoms with Crippen LogP contribution in [0.15, 0.2) is 33.6 Å². The van der Waals surface area contributed by atoms with Gasteiger partial charge in [0.15, 0.2) is 0 Å². The molecular weight excluding hydrogens is 360 g/mol. The monoisotopic (exact) mass is 382 g/mol. The van der Waals surface area contributed by atoms with Crippen molar-refractivity contribution in [1.82, 2.24) is 10.2 Å². The largest absolute Gasteiger partial charge is 0.343 e. The van der Waals surface area contributed by atoms with E-state index < -0.39 is 0 Å². The molecule has 3 rings (SSSR count). The summed E-state index contributed by atoms with van der Waals surface area (Å²) in [7, 11) is 1.99. The van der Waals surface area contributed by atoms with E-state index in [4.69, 9.17) is 0 Å². The Balaban J connectivity index is 1.44. The van der Waals surface area contributed by atoms with Crippen molar-refractivity contribution in [3.05, 3.63) is 28.7 Å². The number of benzene rings is 1. The molecule has 2 fully saturated rings. The summed E-state index contributed by atoms with van der Waals surface area (Å²) in [6.45, 7) is 0. The van der Waals surface area contributed by atoms with Gasteiger partial charge in [-0.2, -0.15) is 0 Å². The summed E-state index contributed by atoms with van der Waals surface area (Å²) in [5, 5.41) is 3.64. The Kier molecular flexibility index (Phi) is 5.47. The van der Waals surface area contributed by atoms with Crippen LogP contribution in [0.1, 0.15) is 32.1 Å². The molecule has 2 heterocycles. The summed E-state index contributed by atoms with van der Waals surface area (Å²) >= 11 is 5.19. The summed E-state index contributed by atoms with van der Waals surface area (Å²) in [4.78, 5) is 15.6. The van der Waals surface area contributed by atoms with E-state index in [1.807, 2.05) is 24.1 Å². The summed E-state index contributed by atoms with van der Waals surface area (Å²) in [6, 6.07) is 9.97. The maximum absolute atomic E-state index is 12.4. The molecule has 1 N–H and O–H groups in total. The highest BCUT2D eigenvalue weighted by Gasteiger charge is 2.36. The van der Waals surface area contributed by atoms with Gasteiger partial charge in [-0.25, -0.2) is 0 Å². The first-order chi connectivity index (χ1) is 10.6. The van der Waals surface area contributed by atoms with Gasteiger partial charge in [0.1, 0.15) is 0 Å². The topological polar surface area (TPSA) is 32.3 Å². The molecule has 22 heavy (non-hydrogen) atoms. The average Bonchev–Trinajstić information content (AvgIpc) is 2.86. The Morgan fingerprint density at radius 1 is 1.27 bits per heavy atom. The van der Waals surface area contributed by atoms with Crippen molar-refractivity contribution < 1.29 is 4.79 Å². The summed E-state index contributed by atoms with van der Waals surface area (Å²) < 4.78 is 1.09. The third-order valence-electron chi connectivity index (χ3n) is 4.79. The molecule has 0 aliphatic carbocycles. The van der Waals surface area contributed by atoms with E-state index >= 15 is 0 Å². The molecule has 2 bridgehead atoms. The van der Waals surface area contributed by atoms with Gasteiger partial charge in [-0.05, 0) is 49.9 Å². The second kappa shape index (κ2) is 7.37. The van der Waals surface area contributed by atoms with Crippen LogP contribution in [0.5, 0.6) is 0 Å². The lowest BCUT2D eigenvalue weighted by atomic mass is 9.98.